The number of Topliss-reactive ketones (excluding diaryl/α,β-unsaturated/α-hetero) is 1. The third-order valence-electron chi connectivity index (χ3n) is 3.96. The Morgan fingerprint density at radius 1 is 1.30 bits per heavy atom. The van der Waals surface area contributed by atoms with Crippen LogP contribution in [0.3, 0.4) is 0 Å². The van der Waals surface area contributed by atoms with E-state index in [1.54, 1.807) is 0 Å². The number of aliphatic hydroxyl groups is 1. The summed E-state index contributed by atoms with van der Waals surface area (Å²) in [4.78, 5) is 12.2. The predicted molar refractivity (Wildman–Crippen MR) is 84.7 cm³/mol. The molecule has 0 spiro atoms. The fourth-order valence-corrected chi connectivity index (χ4v) is 2.65. The van der Waals surface area contributed by atoms with Gasteiger partial charge in [-0.2, -0.15) is 5.10 Å². The summed E-state index contributed by atoms with van der Waals surface area (Å²) in [5, 5.41) is 19.2. The molecule has 4 N–H and O–H groups in total. The number of hydrogen-bond donors (Lipinski definition) is 3. The van der Waals surface area contributed by atoms with Gasteiger partial charge in [0.1, 0.15) is 12.1 Å². The number of halogens is 1. The number of aryl methyl sites for hydroxylation is 2. The minimum absolute atomic E-state index is 0. The Morgan fingerprint density at radius 3 is 2.52 bits per heavy atom. The minimum Gasteiger partial charge on any atom is -1.00 e. The first-order chi connectivity index (χ1) is 10.5. The topological polar surface area (TPSA) is 82.6 Å². The summed E-state index contributed by atoms with van der Waals surface area (Å²) in [5.74, 6) is 0.0985. The number of nitrogens with one attached hydrogen (secondary N) is 1. The zero-order valence-corrected chi connectivity index (χ0v) is 14.5. The first-order valence-electron chi connectivity index (χ1n) is 7.61. The van der Waals surface area contributed by atoms with Gasteiger partial charge in [0.2, 0.25) is 0 Å². The van der Waals surface area contributed by atoms with Crippen LogP contribution in [0.15, 0.2) is 30.3 Å². The van der Waals surface area contributed by atoms with Gasteiger partial charge in [0.05, 0.1) is 24.2 Å². The van der Waals surface area contributed by atoms with Crippen molar-refractivity contribution < 1.29 is 27.6 Å². The third-order valence-corrected chi connectivity index (χ3v) is 3.96. The second kappa shape index (κ2) is 8.82. The molecule has 1 heterocycles. The van der Waals surface area contributed by atoms with Gasteiger partial charge in [-0.3, -0.25) is 9.89 Å². The van der Waals surface area contributed by atoms with E-state index in [-0.39, 0.29) is 24.2 Å². The van der Waals surface area contributed by atoms with E-state index >= 15 is 0 Å². The number of nitrogens with zero attached hydrogens (tertiary/aromatic N) is 1. The van der Waals surface area contributed by atoms with E-state index in [4.69, 9.17) is 0 Å². The van der Waals surface area contributed by atoms with Crippen LogP contribution >= 0.6 is 0 Å². The zero-order chi connectivity index (χ0) is 16.1. The van der Waals surface area contributed by atoms with Crippen molar-refractivity contribution in [3.8, 4) is 0 Å². The van der Waals surface area contributed by atoms with E-state index in [0.717, 1.165) is 17.0 Å². The van der Waals surface area contributed by atoms with E-state index in [2.05, 4.69) is 10.2 Å². The standard InChI is InChI=1S/C17H23N3O2.ClH/c1-11-16(12(2)20-19-11)15(21)9-10-18-13(3)17(22)14-7-5-4-6-8-14;/h4-8,13,17-18,22H,9-10H2,1-3H3,(H,19,20);1H. The highest BCUT2D eigenvalue weighted by molar-refractivity contribution is 5.98. The summed E-state index contributed by atoms with van der Waals surface area (Å²) in [6.45, 7) is 6.31. The number of rotatable bonds is 7. The third kappa shape index (κ3) is 4.89. The van der Waals surface area contributed by atoms with Gasteiger partial charge in [0.15, 0.2) is 5.78 Å². The molecule has 0 amide bonds. The van der Waals surface area contributed by atoms with Gasteiger partial charge in [0.25, 0.3) is 0 Å². The van der Waals surface area contributed by atoms with Crippen molar-refractivity contribution in [1.29, 1.82) is 0 Å². The fraction of sp³-hybridized carbons (Fsp3) is 0.412. The van der Waals surface area contributed by atoms with Gasteiger partial charge >= 0.3 is 0 Å². The van der Waals surface area contributed by atoms with Gasteiger partial charge in [-0.15, -0.1) is 0 Å². The molecular formula is C17H24ClN3O2. The minimum atomic E-state index is -0.534. The summed E-state index contributed by atoms with van der Waals surface area (Å²) in [6, 6.07) is 9.59. The number of quaternary nitrogens is 1. The molecule has 0 aliphatic carbocycles. The summed E-state index contributed by atoms with van der Waals surface area (Å²) in [5.41, 5.74) is 3.17. The van der Waals surface area contributed by atoms with Crippen LogP contribution in [0, 0.1) is 13.8 Å². The molecule has 1 aromatic carbocycles. The molecule has 6 heteroatoms. The molecule has 0 bridgehead atoms. The summed E-state index contributed by atoms with van der Waals surface area (Å²) >= 11 is 0. The molecule has 5 nitrogen and oxygen atoms in total. The first kappa shape index (κ1) is 19.4. The molecule has 2 aromatic rings. The Kier molecular flexibility index (Phi) is 7.42. The fourth-order valence-electron chi connectivity index (χ4n) is 2.65. The largest absolute Gasteiger partial charge is 1.00 e. The number of hydrogen-bond acceptors (Lipinski definition) is 3. The Morgan fingerprint density at radius 2 is 1.96 bits per heavy atom. The molecule has 0 fully saturated rings. The molecule has 2 rings (SSSR count). The first-order valence-corrected chi connectivity index (χ1v) is 7.61. The van der Waals surface area contributed by atoms with Crippen molar-refractivity contribution in [2.45, 2.75) is 39.3 Å². The zero-order valence-electron chi connectivity index (χ0n) is 13.7. The molecule has 0 aliphatic heterocycles. The molecule has 0 aliphatic rings. The molecule has 23 heavy (non-hydrogen) atoms. The number of H-pyrrole nitrogens is 1. The number of aliphatic hydroxyl groups excluding tert-OH is 1. The highest BCUT2D eigenvalue weighted by Crippen LogP contribution is 2.14. The van der Waals surface area contributed by atoms with Crippen molar-refractivity contribution in [3.05, 3.63) is 52.8 Å². The molecule has 2 unspecified atom stereocenters. The lowest BCUT2D eigenvalue weighted by Gasteiger charge is -2.17. The van der Waals surface area contributed by atoms with Crippen LogP contribution in [0.2, 0.25) is 0 Å². The van der Waals surface area contributed by atoms with E-state index < -0.39 is 6.10 Å². The summed E-state index contributed by atoms with van der Waals surface area (Å²) in [6.07, 6.45) is -0.0960. The van der Waals surface area contributed by atoms with Crippen molar-refractivity contribution in [2.75, 3.05) is 6.54 Å². The quantitative estimate of drug-likeness (QED) is 0.526. The van der Waals surface area contributed by atoms with Gasteiger partial charge in [-0.25, -0.2) is 0 Å². The van der Waals surface area contributed by atoms with Gasteiger partial charge in [0, 0.05) is 5.69 Å². The number of aromatic amines is 1. The summed E-state index contributed by atoms with van der Waals surface area (Å²) < 4.78 is 0. The predicted octanol–water partition coefficient (Wildman–Crippen LogP) is -1.71. The number of benzene rings is 1. The van der Waals surface area contributed by atoms with Gasteiger partial charge in [-0.05, 0) is 26.3 Å². The number of carbonyl (C=O) groups is 1. The Bertz CT molecular complexity index is 609. The maximum atomic E-state index is 12.2. The maximum absolute atomic E-state index is 12.2. The number of ketones is 1. The Balaban J connectivity index is 0.00000264. The molecular weight excluding hydrogens is 314 g/mol. The molecule has 0 saturated heterocycles. The van der Waals surface area contributed by atoms with Gasteiger partial charge in [-0.1, -0.05) is 30.3 Å². The average molecular weight is 338 g/mol. The lowest BCUT2D eigenvalue weighted by atomic mass is 10.0. The van der Waals surface area contributed by atoms with Gasteiger partial charge < -0.3 is 22.8 Å². The number of aromatic nitrogens is 2. The van der Waals surface area contributed by atoms with E-state index in [9.17, 15) is 9.90 Å². The second-order valence-electron chi connectivity index (χ2n) is 5.72. The van der Waals surface area contributed by atoms with E-state index in [1.165, 1.54) is 0 Å². The normalized spacial score (nSPS) is 13.2. The van der Waals surface area contributed by atoms with Crippen LogP contribution in [0.25, 0.3) is 0 Å². The second-order valence-corrected chi connectivity index (χ2v) is 5.72. The van der Waals surface area contributed by atoms with E-state index in [0.29, 0.717) is 18.5 Å². The highest BCUT2D eigenvalue weighted by atomic mass is 35.5. The summed E-state index contributed by atoms with van der Waals surface area (Å²) in [7, 11) is 0. The van der Waals surface area contributed by atoms with Crippen LogP contribution in [0.4, 0.5) is 0 Å². The van der Waals surface area contributed by atoms with Crippen molar-refractivity contribution in [3.63, 3.8) is 0 Å². The lowest BCUT2D eigenvalue weighted by molar-refractivity contribution is -0.693. The molecule has 126 valence electrons. The molecule has 0 saturated carbocycles. The number of nitrogens with two attached hydrogens (primary N) is 1. The Hall–Kier alpha value is -1.69. The van der Waals surface area contributed by atoms with Crippen LogP contribution in [-0.4, -0.2) is 33.7 Å². The van der Waals surface area contributed by atoms with E-state index in [1.807, 2.05) is 56.4 Å². The van der Waals surface area contributed by atoms with Crippen molar-refractivity contribution >= 4 is 5.78 Å². The Labute approximate surface area is 142 Å². The molecule has 0 radical (unpaired) electrons. The van der Waals surface area contributed by atoms with Crippen LogP contribution in [0.1, 0.15) is 46.8 Å². The van der Waals surface area contributed by atoms with Crippen LogP contribution in [0.5, 0.6) is 0 Å². The molecule has 2 atom stereocenters. The average Bonchev–Trinajstić information content (AvgIpc) is 2.86. The highest BCUT2D eigenvalue weighted by Gasteiger charge is 2.20. The van der Waals surface area contributed by atoms with Crippen molar-refractivity contribution in [1.82, 2.24) is 10.2 Å². The maximum Gasteiger partial charge on any atom is 0.172 e. The number of carbonyl (C=O) groups excluding carboxylic acids is 1. The SMILES string of the molecule is Cc1n[nH]c(C)c1C(=O)CC[NH2+]C(C)C(O)c1ccccc1.[Cl-]. The van der Waals surface area contributed by atoms with Crippen LogP contribution < -0.4 is 17.7 Å². The van der Waals surface area contributed by atoms with Crippen LogP contribution in [-0.2, 0) is 0 Å². The molecule has 1 aromatic heterocycles. The lowest BCUT2D eigenvalue weighted by Crippen LogP contribution is -3.00. The smallest absolute Gasteiger partial charge is 0.172 e. The monoisotopic (exact) mass is 337 g/mol. The van der Waals surface area contributed by atoms with Crippen molar-refractivity contribution in [2.24, 2.45) is 0 Å².